The average Bonchev–Trinajstić information content (AvgIpc) is 3.01. The summed E-state index contributed by atoms with van der Waals surface area (Å²) in [6.45, 7) is 5.02. The van der Waals surface area contributed by atoms with Crippen molar-refractivity contribution in [3.63, 3.8) is 0 Å². The Kier molecular flexibility index (Phi) is 6.87. The monoisotopic (exact) mass is 411 g/mol. The molecule has 1 aliphatic rings. The first-order chi connectivity index (χ1) is 14.5. The Labute approximate surface area is 175 Å². The van der Waals surface area contributed by atoms with E-state index in [4.69, 9.17) is 4.74 Å². The van der Waals surface area contributed by atoms with Gasteiger partial charge in [-0.1, -0.05) is 32.4 Å². The molecule has 0 radical (unpaired) electrons. The van der Waals surface area contributed by atoms with E-state index in [2.05, 4.69) is 0 Å². The van der Waals surface area contributed by atoms with Gasteiger partial charge < -0.3 is 14.7 Å². The van der Waals surface area contributed by atoms with Gasteiger partial charge in [-0.3, -0.25) is 9.59 Å². The molecular weight excluding hydrogens is 385 g/mol. The number of aliphatic hydroxyl groups excluding tert-OH is 1. The Morgan fingerprint density at radius 1 is 1.03 bits per heavy atom. The average molecular weight is 411 g/mol. The van der Waals surface area contributed by atoms with E-state index in [1.54, 1.807) is 24.3 Å². The Morgan fingerprint density at radius 2 is 1.70 bits per heavy atom. The van der Waals surface area contributed by atoms with Crippen molar-refractivity contribution >= 4 is 17.4 Å². The third kappa shape index (κ3) is 4.37. The number of hydrogen-bond acceptors (Lipinski definition) is 4. The molecule has 2 aromatic carbocycles. The van der Waals surface area contributed by atoms with Crippen molar-refractivity contribution in [1.29, 1.82) is 0 Å². The van der Waals surface area contributed by atoms with Crippen LogP contribution in [0.1, 0.15) is 50.3 Å². The summed E-state index contributed by atoms with van der Waals surface area (Å²) in [5.41, 5.74) is 1.01. The van der Waals surface area contributed by atoms with Crippen LogP contribution >= 0.6 is 0 Å². The quantitative estimate of drug-likeness (QED) is 0.384. The second-order valence-electron chi connectivity index (χ2n) is 7.27. The van der Waals surface area contributed by atoms with Crippen LogP contribution in [0.3, 0.4) is 0 Å². The SMILES string of the molecule is CCCCN1C(=O)C(=O)/C(=C(\O)c2ccc(F)cc2)C1c1ccc(OCCC)cc1. The summed E-state index contributed by atoms with van der Waals surface area (Å²) in [5.74, 6) is -1.42. The van der Waals surface area contributed by atoms with E-state index in [1.807, 2.05) is 13.8 Å². The van der Waals surface area contributed by atoms with Crippen LogP contribution in [-0.2, 0) is 9.59 Å². The van der Waals surface area contributed by atoms with Crippen molar-refractivity contribution in [2.24, 2.45) is 0 Å². The van der Waals surface area contributed by atoms with Crippen LogP contribution in [0.5, 0.6) is 5.75 Å². The largest absolute Gasteiger partial charge is 0.507 e. The summed E-state index contributed by atoms with van der Waals surface area (Å²) in [6, 6.07) is 11.7. The van der Waals surface area contributed by atoms with Gasteiger partial charge in [0.25, 0.3) is 11.7 Å². The molecule has 158 valence electrons. The van der Waals surface area contributed by atoms with Crippen LogP contribution in [0.25, 0.3) is 5.76 Å². The number of ketones is 1. The van der Waals surface area contributed by atoms with Crippen molar-refractivity contribution in [2.45, 2.75) is 39.2 Å². The fourth-order valence-electron chi connectivity index (χ4n) is 3.52. The van der Waals surface area contributed by atoms with Gasteiger partial charge in [0.05, 0.1) is 18.2 Å². The van der Waals surface area contributed by atoms with Gasteiger partial charge in [0, 0.05) is 12.1 Å². The van der Waals surface area contributed by atoms with Gasteiger partial charge >= 0.3 is 0 Å². The molecule has 1 atom stereocenters. The predicted molar refractivity (Wildman–Crippen MR) is 113 cm³/mol. The van der Waals surface area contributed by atoms with Gasteiger partial charge in [0.1, 0.15) is 17.3 Å². The summed E-state index contributed by atoms with van der Waals surface area (Å²) in [4.78, 5) is 27.1. The highest BCUT2D eigenvalue weighted by atomic mass is 19.1. The number of likely N-dealkylation sites (tertiary alicyclic amines) is 1. The van der Waals surface area contributed by atoms with Crippen LogP contribution in [0, 0.1) is 5.82 Å². The molecule has 1 N–H and O–H groups in total. The third-order valence-corrected chi connectivity index (χ3v) is 5.08. The maximum Gasteiger partial charge on any atom is 0.295 e. The molecule has 1 fully saturated rings. The number of nitrogens with zero attached hydrogens (tertiary/aromatic N) is 1. The molecule has 0 aromatic heterocycles. The van der Waals surface area contributed by atoms with Crippen molar-refractivity contribution < 1.29 is 23.8 Å². The van der Waals surface area contributed by atoms with Gasteiger partial charge in [0.15, 0.2) is 0 Å². The number of rotatable bonds is 8. The van der Waals surface area contributed by atoms with Crippen LogP contribution in [0.4, 0.5) is 4.39 Å². The van der Waals surface area contributed by atoms with Gasteiger partial charge in [0.2, 0.25) is 0 Å². The molecule has 3 rings (SSSR count). The number of hydrogen-bond donors (Lipinski definition) is 1. The fraction of sp³-hybridized carbons (Fsp3) is 0.333. The van der Waals surface area contributed by atoms with Crippen molar-refractivity contribution in [3.05, 3.63) is 71.0 Å². The number of unbranched alkanes of at least 4 members (excludes halogenated alkanes) is 1. The van der Waals surface area contributed by atoms with E-state index in [1.165, 1.54) is 29.2 Å². The molecule has 1 saturated heterocycles. The number of halogens is 1. The molecule has 0 saturated carbocycles. The molecule has 0 aliphatic carbocycles. The van der Waals surface area contributed by atoms with E-state index >= 15 is 0 Å². The second kappa shape index (κ2) is 9.57. The lowest BCUT2D eigenvalue weighted by atomic mass is 9.95. The minimum absolute atomic E-state index is 0.0185. The van der Waals surface area contributed by atoms with E-state index in [0.29, 0.717) is 24.5 Å². The maximum atomic E-state index is 13.3. The lowest BCUT2D eigenvalue weighted by Crippen LogP contribution is -2.30. The molecule has 5 nitrogen and oxygen atoms in total. The second-order valence-corrected chi connectivity index (χ2v) is 7.27. The summed E-state index contributed by atoms with van der Waals surface area (Å²) >= 11 is 0. The number of aliphatic hydroxyl groups is 1. The molecule has 1 heterocycles. The third-order valence-electron chi connectivity index (χ3n) is 5.08. The summed E-state index contributed by atoms with van der Waals surface area (Å²) in [5, 5.41) is 10.9. The smallest absolute Gasteiger partial charge is 0.295 e. The summed E-state index contributed by atoms with van der Waals surface area (Å²) < 4.78 is 18.9. The molecule has 1 unspecified atom stereocenters. The number of benzene rings is 2. The molecular formula is C24H26FNO4. The topological polar surface area (TPSA) is 66.8 Å². The molecule has 1 aliphatic heterocycles. The first-order valence-corrected chi connectivity index (χ1v) is 10.2. The first kappa shape index (κ1) is 21.6. The lowest BCUT2D eigenvalue weighted by Gasteiger charge is -2.25. The van der Waals surface area contributed by atoms with Crippen LogP contribution in [0.2, 0.25) is 0 Å². The zero-order valence-electron chi connectivity index (χ0n) is 17.2. The highest BCUT2D eigenvalue weighted by Crippen LogP contribution is 2.40. The van der Waals surface area contributed by atoms with E-state index in [9.17, 15) is 19.1 Å². The predicted octanol–water partition coefficient (Wildman–Crippen LogP) is 4.84. The Hall–Kier alpha value is -3.15. The highest BCUT2D eigenvalue weighted by Gasteiger charge is 2.45. The van der Waals surface area contributed by atoms with Gasteiger partial charge in [-0.15, -0.1) is 0 Å². The van der Waals surface area contributed by atoms with Crippen molar-refractivity contribution in [1.82, 2.24) is 4.90 Å². The maximum absolute atomic E-state index is 13.3. The van der Waals surface area contributed by atoms with Crippen molar-refractivity contribution in [3.8, 4) is 5.75 Å². The number of carbonyl (C=O) groups is 2. The molecule has 6 heteroatoms. The minimum atomic E-state index is -0.732. The molecule has 2 aromatic rings. The van der Waals surface area contributed by atoms with E-state index < -0.39 is 23.5 Å². The molecule has 30 heavy (non-hydrogen) atoms. The van der Waals surface area contributed by atoms with Gasteiger partial charge in [-0.2, -0.15) is 0 Å². The van der Waals surface area contributed by atoms with Gasteiger partial charge in [-0.05, 0) is 54.8 Å². The number of Topliss-reactive ketones (excluding diaryl/α,β-unsaturated/α-hetero) is 1. The zero-order chi connectivity index (χ0) is 21.7. The number of ether oxygens (including phenoxy) is 1. The Bertz CT molecular complexity index is 935. The first-order valence-electron chi connectivity index (χ1n) is 10.2. The van der Waals surface area contributed by atoms with Crippen molar-refractivity contribution in [2.75, 3.05) is 13.2 Å². The normalized spacial score (nSPS) is 18.1. The Balaban J connectivity index is 2.06. The van der Waals surface area contributed by atoms with Gasteiger partial charge in [-0.25, -0.2) is 4.39 Å². The van der Waals surface area contributed by atoms with Crippen LogP contribution < -0.4 is 4.74 Å². The number of amides is 1. The summed E-state index contributed by atoms with van der Waals surface area (Å²) in [6.07, 6.45) is 2.48. The van der Waals surface area contributed by atoms with E-state index in [-0.39, 0.29) is 16.9 Å². The van der Waals surface area contributed by atoms with Crippen LogP contribution in [0.15, 0.2) is 54.1 Å². The van der Waals surface area contributed by atoms with Crippen LogP contribution in [-0.4, -0.2) is 34.8 Å². The zero-order valence-corrected chi connectivity index (χ0v) is 17.2. The molecule has 1 amide bonds. The highest BCUT2D eigenvalue weighted by molar-refractivity contribution is 6.46. The molecule has 0 bridgehead atoms. The fourth-order valence-corrected chi connectivity index (χ4v) is 3.52. The summed E-state index contributed by atoms with van der Waals surface area (Å²) in [7, 11) is 0. The standard InChI is InChI=1S/C24H26FNO4/c1-3-5-14-26-21(16-8-12-19(13-9-16)30-15-4-2)20(23(28)24(26)29)22(27)17-6-10-18(25)11-7-17/h6-13,21,27H,3-5,14-15H2,1-2H3/b22-20-. The molecule has 0 spiro atoms. The Morgan fingerprint density at radius 3 is 2.30 bits per heavy atom. The number of carbonyl (C=O) groups excluding carboxylic acids is 2. The lowest BCUT2D eigenvalue weighted by molar-refractivity contribution is -0.139. The van der Waals surface area contributed by atoms with E-state index in [0.717, 1.165) is 19.3 Å². The minimum Gasteiger partial charge on any atom is -0.507 e.